The Hall–Kier alpha value is -0.750. The second-order valence-electron chi connectivity index (χ2n) is 3.84. The van der Waals surface area contributed by atoms with Crippen molar-refractivity contribution in [1.82, 2.24) is 5.32 Å². The molecular weight excluding hydrogens is 228 g/mol. The Bertz CT molecular complexity index is 236. The van der Waals surface area contributed by atoms with Gasteiger partial charge in [-0.25, -0.2) is 0 Å². The first-order chi connectivity index (χ1) is 7.47. The van der Waals surface area contributed by atoms with Gasteiger partial charge in [-0.3, -0.25) is 9.59 Å². The summed E-state index contributed by atoms with van der Waals surface area (Å²) < 4.78 is 0. The summed E-state index contributed by atoms with van der Waals surface area (Å²) in [5.41, 5.74) is 5.55. The number of thioether (sulfide) groups is 1. The molecule has 0 fully saturated rings. The van der Waals surface area contributed by atoms with E-state index >= 15 is 0 Å². The first kappa shape index (κ1) is 15.2. The van der Waals surface area contributed by atoms with Crippen molar-refractivity contribution >= 4 is 23.6 Å². The van der Waals surface area contributed by atoms with Gasteiger partial charge in [-0.2, -0.15) is 11.8 Å². The third-order valence-electron chi connectivity index (χ3n) is 2.08. The highest BCUT2D eigenvalue weighted by Gasteiger charge is 2.15. The highest BCUT2D eigenvalue weighted by atomic mass is 32.2. The lowest BCUT2D eigenvalue weighted by Gasteiger charge is -2.14. The molecule has 0 radical (unpaired) electrons. The zero-order valence-corrected chi connectivity index (χ0v) is 10.5. The molecule has 0 saturated carbocycles. The molecule has 4 N–H and O–H groups in total. The summed E-state index contributed by atoms with van der Waals surface area (Å²) in [6.07, 6.45) is 2.12. The van der Waals surface area contributed by atoms with Gasteiger partial charge in [-0.15, -0.1) is 0 Å². The van der Waals surface area contributed by atoms with Gasteiger partial charge in [0, 0.05) is 13.0 Å². The number of amides is 1. The van der Waals surface area contributed by atoms with Gasteiger partial charge in [0.15, 0.2) is 0 Å². The average Bonchev–Trinajstić information content (AvgIpc) is 2.22. The molecule has 0 rings (SSSR count). The molecule has 16 heavy (non-hydrogen) atoms. The minimum atomic E-state index is -0.931. The average molecular weight is 248 g/mol. The maximum Gasteiger partial charge on any atom is 0.303 e. The number of carboxylic acids is 1. The lowest BCUT2D eigenvalue weighted by Crippen LogP contribution is -2.42. The smallest absolute Gasteiger partial charge is 0.303 e. The Labute approximate surface area is 100 Å². The summed E-state index contributed by atoms with van der Waals surface area (Å²) in [7, 11) is 0. The van der Waals surface area contributed by atoms with Crippen molar-refractivity contribution in [3.63, 3.8) is 0 Å². The Balaban J connectivity index is 3.74. The predicted molar refractivity (Wildman–Crippen MR) is 65.4 cm³/mol. The molecule has 0 aliphatic rings. The Morgan fingerprint density at radius 1 is 1.50 bits per heavy atom. The van der Waals surface area contributed by atoms with Crippen molar-refractivity contribution in [2.75, 3.05) is 18.6 Å². The number of carbonyl (C=O) groups is 2. The third kappa shape index (κ3) is 7.53. The topological polar surface area (TPSA) is 92.4 Å². The fraction of sp³-hybridized carbons (Fsp3) is 0.800. The number of aliphatic carboxylic acids is 1. The van der Waals surface area contributed by atoms with Crippen LogP contribution in [0.3, 0.4) is 0 Å². The molecule has 0 spiro atoms. The van der Waals surface area contributed by atoms with Gasteiger partial charge in [0.05, 0.1) is 6.04 Å². The van der Waals surface area contributed by atoms with Crippen molar-refractivity contribution in [3.8, 4) is 0 Å². The Morgan fingerprint density at radius 2 is 2.12 bits per heavy atom. The maximum absolute atomic E-state index is 11.4. The van der Waals surface area contributed by atoms with Gasteiger partial charge in [0.1, 0.15) is 0 Å². The second kappa shape index (κ2) is 8.41. The van der Waals surface area contributed by atoms with E-state index in [1.165, 1.54) is 0 Å². The van der Waals surface area contributed by atoms with Crippen molar-refractivity contribution in [1.29, 1.82) is 0 Å². The standard InChI is InChI=1S/C10H20N2O3S/c1-7(6-16-2)5-12-10(15)8(11)3-4-9(13)14/h7-8H,3-6,11H2,1-2H3,(H,12,15)(H,13,14). The number of rotatable bonds is 8. The number of carboxylic acid groups (broad SMARTS) is 1. The Kier molecular flexibility index (Phi) is 8.01. The van der Waals surface area contributed by atoms with Crippen LogP contribution in [0.25, 0.3) is 0 Å². The zero-order chi connectivity index (χ0) is 12.6. The maximum atomic E-state index is 11.4. The molecular formula is C10H20N2O3S. The van der Waals surface area contributed by atoms with Crippen molar-refractivity contribution in [3.05, 3.63) is 0 Å². The van der Waals surface area contributed by atoms with Crippen LogP contribution in [0.1, 0.15) is 19.8 Å². The molecule has 6 heteroatoms. The fourth-order valence-corrected chi connectivity index (χ4v) is 1.85. The van der Waals surface area contributed by atoms with Crippen LogP contribution in [0.5, 0.6) is 0 Å². The monoisotopic (exact) mass is 248 g/mol. The lowest BCUT2D eigenvalue weighted by atomic mass is 10.1. The third-order valence-corrected chi connectivity index (χ3v) is 2.98. The molecule has 0 aromatic heterocycles. The van der Waals surface area contributed by atoms with E-state index in [2.05, 4.69) is 5.32 Å². The molecule has 0 heterocycles. The van der Waals surface area contributed by atoms with E-state index in [-0.39, 0.29) is 18.7 Å². The molecule has 0 aliphatic carbocycles. The van der Waals surface area contributed by atoms with Crippen molar-refractivity contribution in [2.45, 2.75) is 25.8 Å². The summed E-state index contributed by atoms with van der Waals surface area (Å²) in [6, 6.07) is -0.724. The largest absolute Gasteiger partial charge is 0.481 e. The van der Waals surface area contributed by atoms with Gasteiger partial charge >= 0.3 is 5.97 Å². The summed E-state index contributed by atoms with van der Waals surface area (Å²) >= 11 is 1.72. The number of hydrogen-bond acceptors (Lipinski definition) is 4. The highest BCUT2D eigenvalue weighted by molar-refractivity contribution is 7.98. The van der Waals surface area contributed by atoms with Crippen LogP contribution in [0, 0.1) is 5.92 Å². The van der Waals surface area contributed by atoms with E-state index in [4.69, 9.17) is 10.8 Å². The van der Waals surface area contributed by atoms with E-state index in [0.717, 1.165) is 5.75 Å². The van der Waals surface area contributed by atoms with E-state index in [0.29, 0.717) is 12.5 Å². The molecule has 2 atom stereocenters. The predicted octanol–water partition coefficient (Wildman–Crippen LogP) is 0.294. The molecule has 2 unspecified atom stereocenters. The van der Waals surface area contributed by atoms with Gasteiger partial charge in [-0.05, 0) is 24.3 Å². The minimum absolute atomic E-state index is 0.0745. The summed E-state index contributed by atoms with van der Waals surface area (Å²) in [4.78, 5) is 21.7. The normalized spacial score (nSPS) is 14.2. The number of nitrogens with one attached hydrogen (secondary N) is 1. The highest BCUT2D eigenvalue weighted by Crippen LogP contribution is 2.03. The van der Waals surface area contributed by atoms with E-state index in [9.17, 15) is 9.59 Å². The molecule has 0 aliphatic heterocycles. The molecule has 5 nitrogen and oxygen atoms in total. The quantitative estimate of drug-likeness (QED) is 0.574. The van der Waals surface area contributed by atoms with Crippen LogP contribution in [-0.4, -0.2) is 41.6 Å². The molecule has 0 aromatic rings. The summed E-state index contributed by atoms with van der Waals surface area (Å²) in [6.45, 7) is 2.62. The number of hydrogen-bond donors (Lipinski definition) is 3. The van der Waals surface area contributed by atoms with Crippen molar-refractivity contribution < 1.29 is 14.7 Å². The second-order valence-corrected chi connectivity index (χ2v) is 4.76. The molecule has 0 aromatic carbocycles. The first-order valence-corrected chi connectivity index (χ1v) is 6.60. The van der Waals surface area contributed by atoms with E-state index in [1.54, 1.807) is 11.8 Å². The molecule has 1 amide bonds. The van der Waals surface area contributed by atoms with Crippen LogP contribution >= 0.6 is 11.8 Å². The van der Waals surface area contributed by atoms with E-state index in [1.807, 2.05) is 13.2 Å². The lowest BCUT2D eigenvalue weighted by molar-refractivity contribution is -0.137. The van der Waals surface area contributed by atoms with Crippen LogP contribution in [0.15, 0.2) is 0 Å². The number of nitrogens with two attached hydrogens (primary N) is 1. The summed E-state index contributed by atoms with van der Waals surface area (Å²) in [5.74, 6) is 0.170. The first-order valence-electron chi connectivity index (χ1n) is 5.21. The Morgan fingerprint density at radius 3 is 2.62 bits per heavy atom. The van der Waals surface area contributed by atoms with E-state index < -0.39 is 12.0 Å². The van der Waals surface area contributed by atoms with Gasteiger partial charge in [-0.1, -0.05) is 6.92 Å². The zero-order valence-electron chi connectivity index (χ0n) is 9.73. The number of carbonyl (C=O) groups excluding carboxylic acids is 1. The summed E-state index contributed by atoms with van der Waals surface area (Å²) in [5, 5.41) is 11.2. The van der Waals surface area contributed by atoms with Crippen LogP contribution < -0.4 is 11.1 Å². The SMILES string of the molecule is CSCC(C)CNC(=O)C(N)CCC(=O)O. The molecule has 94 valence electrons. The van der Waals surface area contributed by atoms with Crippen LogP contribution in [0.4, 0.5) is 0 Å². The van der Waals surface area contributed by atoms with Crippen LogP contribution in [0.2, 0.25) is 0 Å². The van der Waals surface area contributed by atoms with Gasteiger partial charge < -0.3 is 16.2 Å². The van der Waals surface area contributed by atoms with Gasteiger partial charge in [0.2, 0.25) is 5.91 Å². The molecule has 0 bridgehead atoms. The fourth-order valence-electron chi connectivity index (χ4n) is 1.16. The minimum Gasteiger partial charge on any atom is -0.481 e. The molecule has 0 saturated heterocycles. The van der Waals surface area contributed by atoms with Crippen molar-refractivity contribution in [2.24, 2.45) is 11.7 Å². The van der Waals surface area contributed by atoms with Crippen LogP contribution in [-0.2, 0) is 9.59 Å². The van der Waals surface area contributed by atoms with Gasteiger partial charge in [0.25, 0.3) is 0 Å².